The second kappa shape index (κ2) is 7.63. The zero-order valence-corrected chi connectivity index (χ0v) is 15.7. The molecule has 1 aliphatic heterocycles. The third-order valence-corrected chi connectivity index (χ3v) is 6.12. The van der Waals surface area contributed by atoms with Crippen LogP contribution in [0.4, 0.5) is 0 Å². The number of sulfonamides is 1. The Kier molecular flexibility index (Phi) is 6.01. The zero-order valence-electron chi connectivity index (χ0n) is 14.9. The fraction of sp³-hybridized carbons (Fsp3) is 0.588. The van der Waals surface area contributed by atoms with Crippen LogP contribution in [0.2, 0.25) is 0 Å². The van der Waals surface area contributed by atoms with E-state index in [1.54, 1.807) is 12.1 Å². The molecular weight excluding hydrogens is 326 g/mol. The number of hydrogen-bond acceptors (Lipinski definition) is 4. The Hall–Kier alpha value is -1.44. The Balaban J connectivity index is 2.25. The van der Waals surface area contributed by atoms with Crippen LogP contribution in [0.15, 0.2) is 23.1 Å². The molecule has 0 saturated carbocycles. The van der Waals surface area contributed by atoms with Gasteiger partial charge in [-0.1, -0.05) is 19.9 Å². The molecule has 7 heteroatoms. The Labute approximate surface area is 144 Å². The fourth-order valence-corrected chi connectivity index (χ4v) is 4.02. The number of amides is 1. The van der Waals surface area contributed by atoms with Crippen LogP contribution in [0.1, 0.15) is 29.8 Å². The van der Waals surface area contributed by atoms with Crippen molar-refractivity contribution in [1.29, 1.82) is 0 Å². The maximum Gasteiger partial charge on any atom is 0.251 e. The molecule has 24 heavy (non-hydrogen) atoms. The average molecular weight is 353 g/mol. The standard InChI is InChI=1S/C17H27N3O3S/c1-13(2)12-18-17(21)16-11-15(6-5-14(16)3)24(22,23)20-9-7-19(4)8-10-20/h5-6,11,13H,7-10,12H2,1-4H3,(H,18,21). The van der Waals surface area contributed by atoms with Crippen molar-refractivity contribution in [2.45, 2.75) is 25.7 Å². The van der Waals surface area contributed by atoms with E-state index in [1.807, 2.05) is 27.8 Å². The second-order valence-electron chi connectivity index (χ2n) is 6.79. The molecule has 2 rings (SSSR count). The predicted octanol–water partition coefficient (Wildman–Crippen LogP) is 1.32. The molecular formula is C17H27N3O3S. The predicted molar refractivity (Wildman–Crippen MR) is 94.6 cm³/mol. The van der Waals surface area contributed by atoms with Gasteiger partial charge in [-0.2, -0.15) is 4.31 Å². The van der Waals surface area contributed by atoms with Crippen molar-refractivity contribution in [3.8, 4) is 0 Å². The Morgan fingerprint density at radius 1 is 1.21 bits per heavy atom. The van der Waals surface area contributed by atoms with Crippen molar-refractivity contribution in [2.24, 2.45) is 5.92 Å². The minimum atomic E-state index is -3.56. The number of likely N-dealkylation sites (N-methyl/N-ethyl adjacent to an activating group) is 1. The molecule has 0 aliphatic carbocycles. The second-order valence-corrected chi connectivity index (χ2v) is 8.73. The van der Waals surface area contributed by atoms with Crippen LogP contribution >= 0.6 is 0 Å². The first kappa shape index (κ1) is 18.9. The van der Waals surface area contributed by atoms with Crippen molar-refractivity contribution in [3.05, 3.63) is 29.3 Å². The van der Waals surface area contributed by atoms with Gasteiger partial charge in [0.05, 0.1) is 4.90 Å². The summed E-state index contributed by atoms with van der Waals surface area (Å²) in [6.07, 6.45) is 0. The summed E-state index contributed by atoms with van der Waals surface area (Å²) < 4.78 is 27.1. The van der Waals surface area contributed by atoms with Gasteiger partial charge in [-0.3, -0.25) is 4.79 Å². The first-order valence-corrected chi connectivity index (χ1v) is 9.73. The van der Waals surface area contributed by atoms with Crippen molar-refractivity contribution >= 4 is 15.9 Å². The molecule has 1 amide bonds. The van der Waals surface area contributed by atoms with Gasteiger partial charge in [0.15, 0.2) is 0 Å². The quantitative estimate of drug-likeness (QED) is 0.867. The van der Waals surface area contributed by atoms with Crippen molar-refractivity contribution in [3.63, 3.8) is 0 Å². The number of piperazine rings is 1. The summed E-state index contributed by atoms with van der Waals surface area (Å²) in [4.78, 5) is 14.6. The molecule has 6 nitrogen and oxygen atoms in total. The molecule has 1 aromatic carbocycles. The van der Waals surface area contributed by atoms with E-state index < -0.39 is 10.0 Å². The van der Waals surface area contributed by atoms with E-state index >= 15 is 0 Å². The fourth-order valence-electron chi connectivity index (χ4n) is 2.58. The summed E-state index contributed by atoms with van der Waals surface area (Å²) >= 11 is 0. The number of benzene rings is 1. The van der Waals surface area contributed by atoms with E-state index in [0.717, 1.165) is 5.56 Å². The zero-order chi connectivity index (χ0) is 17.9. The van der Waals surface area contributed by atoms with Gasteiger partial charge < -0.3 is 10.2 Å². The van der Waals surface area contributed by atoms with E-state index in [1.165, 1.54) is 10.4 Å². The smallest absolute Gasteiger partial charge is 0.251 e. The molecule has 0 bridgehead atoms. The summed E-state index contributed by atoms with van der Waals surface area (Å²) in [6.45, 7) is 8.79. The number of rotatable bonds is 5. The van der Waals surface area contributed by atoms with Crippen molar-refractivity contribution in [1.82, 2.24) is 14.5 Å². The molecule has 134 valence electrons. The molecule has 1 aromatic rings. The van der Waals surface area contributed by atoms with Gasteiger partial charge in [-0.15, -0.1) is 0 Å². The normalized spacial score (nSPS) is 17.2. The van der Waals surface area contributed by atoms with Crippen molar-refractivity contribution in [2.75, 3.05) is 39.8 Å². The van der Waals surface area contributed by atoms with Gasteiger partial charge >= 0.3 is 0 Å². The average Bonchev–Trinajstić information content (AvgIpc) is 2.53. The van der Waals surface area contributed by atoms with Gasteiger partial charge in [-0.05, 0) is 37.6 Å². The molecule has 1 heterocycles. The van der Waals surface area contributed by atoms with Gasteiger partial charge in [0.2, 0.25) is 10.0 Å². The first-order chi connectivity index (χ1) is 11.2. The molecule has 0 aromatic heterocycles. The molecule has 1 aliphatic rings. The maximum atomic E-state index is 12.8. The van der Waals surface area contributed by atoms with Crippen LogP contribution in [0.3, 0.4) is 0 Å². The maximum absolute atomic E-state index is 12.8. The Morgan fingerprint density at radius 3 is 2.42 bits per heavy atom. The van der Waals surface area contributed by atoms with Gasteiger partial charge in [0, 0.05) is 38.3 Å². The molecule has 0 spiro atoms. The number of carbonyl (C=O) groups excluding carboxylic acids is 1. The van der Waals surface area contributed by atoms with Crippen LogP contribution in [-0.4, -0.2) is 63.3 Å². The summed E-state index contributed by atoms with van der Waals surface area (Å²) in [5.41, 5.74) is 1.19. The minimum Gasteiger partial charge on any atom is -0.352 e. The highest BCUT2D eigenvalue weighted by atomic mass is 32.2. The van der Waals surface area contributed by atoms with Gasteiger partial charge in [-0.25, -0.2) is 8.42 Å². The molecule has 0 unspecified atom stereocenters. The van der Waals surface area contributed by atoms with Crippen LogP contribution in [-0.2, 0) is 10.0 Å². The van der Waals surface area contributed by atoms with Crippen molar-refractivity contribution < 1.29 is 13.2 Å². The Bertz CT molecular complexity index is 693. The SMILES string of the molecule is Cc1ccc(S(=O)(=O)N2CCN(C)CC2)cc1C(=O)NCC(C)C. The number of nitrogens with zero attached hydrogens (tertiary/aromatic N) is 2. The van der Waals surface area contributed by atoms with E-state index in [0.29, 0.717) is 44.2 Å². The highest BCUT2D eigenvalue weighted by Crippen LogP contribution is 2.21. The van der Waals surface area contributed by atoms with Gasteiger partial charge in [0.1, 0.15) is 0 Å². The van der Waals surface area contributed by atoms with Crippen LogP contribution in [0.5, 0.6) is 0 Å². The van der Waals surface area contributed by atoms with E-state index in [-0.39, 0.29) is 10.8 Å². The first-order valence-electron chi connectivity index (χ1n) is 8.29. The Morgan fingerprint density at radius 2 is 1.83 bits per heavy atom. The lowest BCUT2D eigenvalue weighted by Crippen LogP contribution is -2.47. The van der Waals surface area contributed by atoms with Crippen LogP contribution < -0.4 is 5.32 Å². The number of carbonyl (C=O) groups is 1. The summed E-state index contributed by atoms with van der Waals surface area (Å²) in [6, 6.07) is 4.79. The van der Waals surface area contributed by atoms with Crippen LogP contribution in [0, 0.1) is 12.8 Å². The van der Waals surface area contributed by atoms with Gasteiger partial charge in [0.25, 0.3) is 5.91 Å². The summed E-state index contributed by atoms with van der Waals surface area (Å²) in [5.74, 6) is 0.114. The van der Waals surface area contributed by atoms with E-state index in [9.17, 15) is 13.2 Å². The molecule has 0 atom stereocenters. The molecule has 1 N–H and O–H groups in total. The third kappa shape index (κ3) is 4.34. The number of nitrogens with one attached hydrogen (secondary N) is 1. The lowest BCUT2D eigenvalue weighted by atomic mass is 10.1. The lowest BCUT2D eigenvalue weighted by Gasteiger charge is -2.31. The molecule has 1 saturated heterocycles. The highest BCUT2D eigenvalue weighted by Gasteiger charge is 2.28. The third-order valence-electron chi connectivity index (χ3n) is 4.22. The number of hydrogen-bond donors (Lipinski definition) is 1. The van der Waals surface area contributed by atoms with E-state index in [2.05, 4.69) is 10.2 Å². The lowest BCUT2D eigenvalue weighted by molar-refractivity contribution is 0.0948. The molecule has 1 fully saturated rings. The number of aryl methyl sites for hydroxylation is 1. The minimum absolute atomic E-state index is 0.187. The topological polar surface area (TPSA) is 69.7 Å². The summed E-state index contributed by atoms with van der Waals surface area (Å²) in [7, 11) is -1.58. The summed E-state index contributed by atoms with van der Waals surface area (Å²) in [5, 5.41) is 2.85. The van der Waals surface area contributed by atoms with E-state index in [4.69, 9.17) is 0 Å². The monoisotopic (exact) mass is 353 g/mol. The molecule has 0 radical (unpaired) electrons. The van der Waals surface area contributed by atoms with Crippen LogP contribution in [0.25, 0.3) is 0 Å². The highest BCUT2D eigenvalue weighted by molar-refractivity contribution is 7.89. The largest absolute Gasteiger partial charge is 0.352 e.